The van der Waals surface area contributed by atoms with Crippen LogP contribution < -0.4 is 68.8 Å². The van der Waals surface area contributed by atoms with Gasteiger partial charge in [0.2, 0.25) is 53.2 Å². The maximum absolute atomic E-state index is 14.2. The van der Waals surface area contributed by atoms with E-state index in [2.05, 4.69) is 70.8 Å². The summed E-state index contributed by atoms with van der Waals surface area (Å²) < 4.78 is 86.6. The molecule has 0 spiro atoms. The Balaban J connectivity index is 0.597. The Morgan fingerprint density at radius 3 is 1.74 bits per heavy atom. The first-order valence-corrected chi connectivity index (χ1v) is 48.0. The number of amides is 10. The fourth-order valence-corrected chi connectivity index (χ4v) is 16.1. The number of carbonyl (C=O) groups excluding carboxylic acids is 9. The average molecular weight is 1970 g/mol. The molecule has 0 unspecified atom stereocenters. The zero-order valence-corrected chi connectivity index (χ0v) is 81.1. The minimum absolute atomic E-state index is 0.00208. The lowest BCUT2D eigenvalue weighted by Gasteiger charge is -2.45. The van der Waals surface area contributed by atoms with Gasteiger partial charge in [0.25, 0.3) is 5.56 Å². The van der Waals surface area contributed by atoms with Crippen LogP contribution in [-0.4, -0.2) is 357 Å². The van der Waals surface area contributed by atoms with Crippen molar-refractivity contribution in [2.75, 3.05) is 255 Å². The molecule has 42 heteroatoms. The molecular formula is C99H137N17O25. The van der Waals surface area contributed by atoms with Gasteiger partial charge < -0.3 is 139 Å². The highest BCUT2D eigenvalue weighted by Crippen LogP contribution is 2.45. The number of nitrogens with two attached hydrogens (primary N) is 2. The van der Waals surface area contributed by atoms with E-state index in [0.29, 0.717) is 197 Å². The van der Waals surface area contributed by atoms with Gasteiger partial charge >= 0.3 is 6.03 Å². The molecule has 4 aliphatic rings. The topological polar surface area (TPSA) is 505 Å². The standard InChI is InChI=1S/C99H137N17O25/c1-98(107-30-11-14-72-17-22-84(128-4)83(61-72)115-34-26-90(122)116(97(115)126)69-105-94(124)82(63-85(101)117)108-86(118)27-37-129-40-41-131-44-45-133-48-49-135-52-53-137-56-57-139-59-58-138-55-54-136-51-50-134-47-46-132-43-42-130-39-38-127-3)28-35-113(36-29-98)75-24-32-114(33-25-75)96-110-80-21-18-73(79-67-112(2)95(125)91-77(79)23-31-102-91)62-78(80)92(111-96)99(141-76-19-20-76,74-15-9-6-10-16-74)68-140-70-106-88(120)65-104-93(123)81(60-71-12-7-5-8-13-71)109-89(121)66-103-87(119)64-100/h5-10,12-13,15-18,21-23,31,61-62,67,75-76,81-82,102,107H,19-20,24-30,32-60,63-66,68-70,100H2,1-4H3,(H2,101,117)(H,103,119)(H,104,123)(H,105,124)(H,106,120)(H,108,118)(H,109,121)/t81-,82-,99-/m0/s1. The Hall–Kier alpha value is -11.6. The number of H-pyrrole nitrogens is 1. The molecule has 3 aliphatic heterocycles. The first-order chi connectivity index (χ1) is 68.6. The summed E-state index contributed by atoms with van der Waals surface area (Å²) in [5.41, 5.74) is 14.8. The van der Waals surface area contributed by atoms with Crippen molar-refractivity contribution in [1.29, 1.82) is 0 Å². The van der Waals surface area contributed by atoms with Gasteiger partial charge in [-0.3, -0.25) is 48.1 Å². The van der Waals surface area contributed by atoms with Gasteiger partial charge in [0.05, 0.1) is 221 Å². The molecule has 0 radical (unpaired) electrons. The quantitative estimate of drug-likeness (QED) is 0.0148. The number of piperidine rings is 2. The third-order valence-corrected chi connectivity index (χ3v) is 23.9. The van der Waals surface area contributed by atoms with E-state index in [1.165, 1.54) is 12.0 Å². The zero-order chi connectivity index (χ0) is 99.8. The number of benzene rings is 4. The molecular weight excluding hydrogens is 1830 g/mol. The van der Waals surface area contributed by atoms with Crippen molar-refractivity contribution in [3.63, 3.8) is 0 Å². The van der Waals surface area contributed by atoms with Crippen LogP contribution in [0.2, 0.25) is 0 Å². The highest BCUT2D eigenvalue weighted by Gasteiger charge is 2.46. The summed E-state index contributed by atoms with van der Waals surface area (Å²) in [4.78, 5) is 153. The molecule has 768 valence electrons. The Morgan fingerprint density at radius 1 is 0.589 bits per heavy atom. The van der Waals surface area contributed by atoms with Crippen molar-refractivity contribution in [1.82, 2.24) is 66.5 Å². The van der Waals surface area contributed by atoms with Gasteiger partial charge in [0, 0.05) is 112 Å². The molecule has 0 bridgehead atoms. The smallest absolute Gasteiger partial charge is 0.332 e. The number of pyridine rings is 1. The van der Waals surface area contributed by atoms with Crippen LogP contribution >= 0.6 is 0 Å². The van der Waals surface area contributed by atoms with Crippen molar-refractivity contribution in [3.8, 4) is 28.7 Å². The number of primary amides is 1. The second-order valence-corrected chi connectivity index (χ2v) is 34.3. The molecule has 11 rings (SSSR count). The second-order valence-electron chi connectivity index (χ2n) is 34.3. The number of imide groups is 1. The minimum atomic E-state index is -1.42. The lowest BCUT2D eigenvalue weighted by atomic mass is 9.87. The number of likely N-dealkylation sites (tertiary alicyclic amines) is 1. The second kappa shape index (κ2) is 59.4. The summed E-state index contributed by atoms with van der Waals surface area (Å²) >= 11 is 0. The fraction of sp³-hybridized carbons (Fsp3) is 0.556. The Labute approximate surface area is 820 Å². The number of fused-ring (bicyclic) bond motifs is 2. The number of aryl methyl sites for hydroxylation is 1. The molecule has 42 nitrogen and oxygen atoms in total. The Bertz CT molecular complexity index is 5240. The fourth-order valence-electron chi connectivity index (χ4n) is 16.1. The van der Waals surface area contributed by atoms with Gasteiger partial charge in [-0.1, -0.05) is 78.6 Å². The maximum Gasteiger partial charge on any atom is 0.332 e. The van der Waals surface area contributed by atoms with Crippen molar-refractivity contribution in [3.05, 3.63) is 148 Å². The van der Waals surface area contributed by atoms with Crippen LogP contribution in [-0.2, 0) is 124 Å². The Morgan fingerprint density at radius 2 is 1.16 bits per heavy atom. The van der Waals surface area contributed by atoms with Crippen molar-refractivity contribution in [2.24, 2.45) is 18.5 Å². The number of nitrogens with one attached hydrogen (secondary N) is 8. The summed E-state index contributed by atoms with van der Waals surface area (Å²) in [6.07, 6.45) is 7.63. The van der Waals surface area contributed by atoms with Crippen molar-refractivity contribution in [2.45, 2.75) is 107 Å². The monoisotopic (exact) mass is 1960 g/mol. The van der Waals surface area contributed by atoms with E-state index in [1.807, 2.05) is 66.9 Å². The number of hydrogen-bond donors (Lipinski definition) is 10. The predicted octanol–water partition coefficient (Wildman–Crippen LogP) is 2.19. The van der Waals surface area contributed by atoms with Crippen molar-refractivity contribution >= 4 is 86.7 Å². The number of rotatable bonds is 66. The zero-order valence-electron chi connectivity index (χ0n) is 81.1. The lowest BCUT2D eigenvalue weighted by Crippen LogP contribution is -2.57. The van der Waals surface area contributed by atoms with Crippen LogP contribution in [0.1, 0.15) is 87.1 Å². The molecule has 4 fully saturated rings. The normalized spacial score (nSPS) is 15.5. The predicted molar refractivity (Wildman–Crippen MR) is 520 cm³/mol. The number of nitrogens with zero attached hydrogens (tertiary/aromatic N) is 7. The van der Waals surface area contributed by atoms with E-state index in [0.717, 1.165) is 84.2 Å². The summed E-state index contributed by atoms with van der Waals surface area (Å²) in [5, 5.41) is 20.7. The first kappa shape index (κ1) is 110. The largest absolute Gasteiger partial charge is 0.495 e. The molecule has 7 aromatic rings. The van der Waals surface area contributed by atoms with Gasteiger partial charge in [-0.2, -0.15) is 0 Å². The number of methoxy groups -OCH3 is 2. The van der Waals surface area contributed by atoms with Gasteiger partial charge in [0.15, 0.2) is 5.60 Å². The number of hydrogen-bond acceptors (Lipinski definition) is 31. The molecule has 141 heavy (non-hydrogen) atoms. The van der Waals surface area contributed by atoms with E-state index < -0.39 is 97.2 Å². The first-order valence-electron chi connectivity index (χ1n) is 48.0. The SMILES string of the molecule is COCCOCCOCCOCCOCCOCCOCCOCCOCCOCCOCCOCCC(=O)N[C@@H](CC(N)=O)C(=O)NCN1C(=O)CCN(c2cc(C#CCNC3(C)CCN(C4CCN(c5nc([C@@](COCNC(=O)CNC(=O)[C@H](Cc6ccccc6)NC(=O)CNC(=O)CN)(OC6CC6)c6ccccc6)c6cc(-c7cn(C)c(=O)c8[nH]ccc78)ccc6n5)CC4)CC3)ccc2OC)C1=O. The molecule has 1 saturated carbocycles. The molecule has 1 aliphatic carbocycles. The highest BCUT2D eigenvalue weighted by atomic mass is 16.6. The summed E-state index contributed by atoms with van der Waals surface area (Å²) in [6, 6.07) is 28.9. The van der Waals surface area contributed by atoms with Crippen LogP contribution in [0.3, 0.4) is 0 Å². The summed E-state index contributed by atoms with van der Waals surface area (Å²) in [7, 11) is 4.81. The van der Waals surface area contributed by atoms with Crippen LogP contribution in [0.15, 0.2) is 120 Å². The van der Waals surface area contributed by atoms with E-state index in [-0.39, 0.29) is 88.8 Å². The van der Waals surface area contributed by atoms with Gasteiger partial charge in [-0.15, -0.1) is 0 Å². The van der Waals surface area contributed by atoms with Crippen LogP contribution in [0.25, 0.3) is 32.9 Å². The Kier molecular flexibility index (Phi) is 46.2. The average Bonchev–Trinajstić information content (AvgIpc) is 1.71. The molecule has 3 saturated heterocycles. The van der Waals surface area contributed by atoms with Crippen LogP contribution in [0, 0.1) is 11.8 Å². The van der Waals surface area contributed by atoms with E-state index in [4.69, 9.17) is 92.5 Å². The van der Waals surface area contributed by atoms with E-state index in [9.17, 15) is 47.9 Å². The number of ether oxygens (including phenoxy) is 15. The van der Waals surface area contributed by atoms with Crippen LogP contribution in [0.5, 0.6) is 5.75 Å². The number of anilines is 2. The van der Waals surface area contributed by atoms with Gasteiger partial charge in [0.1, 0.15) is 36.7 Å². The summed E-state index contributed by atoms with van der Waals surface area (Å²) in [6.45, 7) is 12.7. The molecule has 6 heterocycles. The van der Waals surface area contributed by atoms with Gasteiger partial charge in [-0.05, 0) is 98.5 Å². The molecule has 10 amide bonds. The van der Waals surface area contributed by atoms with Gasteiger partial charge in [-0.25, -0.2) is 19.7 Å². The summed E-state index contributed by atoms with van der Waals surface area (Å²) in [5.74, 6) is 2.10. The highest BCUT2D eigenvalue weighted by molar-refractivity contribution is 6.07. The molecule has 3 atom stereocenters. The number of aromatic amines is 1. The molecule has 12 N–H and O–H groups in total. The van der Waals surface area contributed by atoms with Crippen molar-refractivity contribution < 1.29 is 114 Å². The molecule has 4 aromatic carbocycles. The third kappa shape index (κ3) is 35.8. The lowest BCUT2D eigenvalue weighted by molar-refractivity contribution is -0.134. The maximum atomic E-state index is 14.2. The van der Waals surface area contributed by atoms with Crippen LogP contribution in [0.4, 0.5) is 16.4 Å². The van der Waals surface area contributed by atoms with E-state index >= 15 is 0 Å². The number of carbonyl (C=O) groups is 9. The molecule has 3 aromatic heterocycles. The number of urea groups is 1. The number of aromatic nitrogens is 4. The minimum Gasteiger partial charge on any atom is -0.495 e. The van der Waals surface area contributed by atoms with E-state index in [1.54, 1.807) is 67.4 Å². The third-order valence-electron chi connectivity index (χ3n) is 23.9.